The van der Waals surface area contributed by atoms with Gasteiger partial charge in [-0.3, -0.25) is 0 Å². The van der Waals surface area contributed by atoms with Crippen LogP contribution in [0.5, 0.6) is 0 Å². The van der Waals surface area contributed by atoms with Gasteiger partial charge in [0.2, 0.25) is 0 Å². The van der Waals surface area contributed by atoms with Crippen LogP contribution in [0.15, 0.2) is 0 Å². The van der Waals surface area contributed by atoms with Crippen molar-refractivity contribution in [3.8, 4) is 0 Å². The topological polar surface area (TPSA) is 57.2 Å². The van der Waals surface area contributed by atoms with Gasteiger partial charge in [-0.1, -0.05) is 0 Å². The molecule has 0 bridgehead atoms. The Kier molecular flexibility index (Phi) is 4.50. The van der Waals surface area contributed by atoms with Gasteiger partial charge in [-0.05, 0) is 6.92 Å². The van der Waals surface area contributed by atoms with Gasteiger partial charge in [-0.25, -0.2) is 9.78 Å². The third-order valence-corrected chi connectivity index (χ3v) is 0.569. The molecule has 1 N–H and O–H groups in total. The van der Waals surface area contributed by atoms with E-state index in [0.717, 1.165) is 0 Å². The molecular formula is C5H12O5. The van der Waals surface area contributed by atoms with Crippen molar-refractivity contribution in [2.24, 2.45) is 0 Å². The van der Waals surface area contributed by atoms with Gasteiger partial charge >= 0.3 is 5.97 Å². The lowest BCUT2D eigenvalue weighted by Gasteiger charge is -2.18. The van der Waals surface area contributed by atoms with Crippen LogP contribution in [0.2, 0.25) is 0 Å². The first-order valence-electron chi connectivity index (χ1n) is 2.87. The molecule has 0 radical (unpaired) electrons. The van der Waals surface area contributed by atoms with E-state index < -0.39 is 5.97 Å². The molecule has 0 aromatic heterocycles. The first kappa shape index (κ1) is 9.80. The third-order valence-electron chi connectivity index (χ3n) is 0.569. The molecule has 0 aromatic carbocycles. The Balaban J connectivity index is 3.42. The zero-order valence-electron chi connectivity index (χ0n) is 6.29. The Labute approximate surface area is 59.3 Å². The molecule has 0 fully saturated rings. The molecule has 0 amide bonds. The van der Waals surface area contributed by atoms with Crippen LogP contribution < -0.4 is 0 Å². The zero-order valence-corrected chi connectivity index (χ0v) is 6.29. The second-order valence-electron chi connectivity index (χ2n) is 1.64. The fourth-order valence-electron chi connectivity index (χ4n) is 0.337. The summed E-state index contributed by atoms with van der Waals surface area (Å²) < 4.78 is 0. The summed E-state index contributed by atoms with van der Waals surface area (Å²) in [7, 11) is 1.25. The highest BCUT2D eigenvalue weighted by molar-refractivity contribution is 4.30. The SMILES string of the molecule is CCOOC(C)(O)OOC. The smallest absolute Gasteiger partial charge is 0.334 e. The maximum atomic E-state index is 8.95. The van der Waals surface area contributed by atoms with E-state index in [-0.39, 0.29) is 0 Å². The molecule has 1 unspecified atom stereocenters. The summed E-state index contributed by atoms with van der Waals surface area (Å²) >= 11 is 0. The molecule has 5 heteroatoms. The summed E-state index contributed by atoms with van der Waals surface area (Å²) in [6.07, 6.45) is 0. The van der Waals surface area contributed by atoms with E-state index >= 15 is 0 Å². The van der Waals surface area contributed by atoms with Crippen LogP contribution in [-0.2, 0) is 19.6 Å². The van der Waals surface area contributed by atoms with Crippen molar-refractivity contribution >= 4 is 0 Å². The van der Waals surface area contributed by atoms with Gasteiger partial charge < -0.3 is 5.11 Å². The summed E-state index contributed by atoms with van der Waals surface area (Å²) in [5.41, 5.74) is 0. The maximum Gasteiger partial charge on any atom is 0.334 e. The second kappa shape index (κ2) is 4.59. The highest BCUT2D eigenvalue weighted by Gasteiger charge is 2.24. The lowest BCUT2D eigenvalue weighted by molar-refractivity contribution is -0.559. The molecule has 0 rings (SSSR count). The van der Waals surface area contributed by atoms with E-state index in [4.69, 9.17) is 5.11 Å². The van der Waals surface area contributed by atoms with Gasteiger partial charge in [0, 0.05) is 6.92 Å². The first-order chi connectivity index (χ1) is 4.62. The first-order valence-corrected chi connectivity index (χ1v) is 2.87. The van der Waals surface area contributed by atoms with E-state index in [2.05, 4.69) is 19.6 Å². The highest BCUT2D eigenvalue weighted by atomic mass is 17.3. The molecular weight excluding hydrogens is 140 g/mol. The summed E-state index contributed by atoms with van der Waals surface area (Å²) in [6.45, 7) is 3.28. The van der Waals surface area contributed by atoms with Gasteiger partial charge in [-0.2, -0.15) is 9.78 Å². The summed E-state index contributed by atoms with van der Waals surface area (Å²) in [5, 5.41) is 8.95. The van der Waals surface area contributed by atoms with Crippen molar-refractivity contribution in [1.82, 2.24) is 0 Å². The lowest BCUT2D eigenvalue weighted by atomic mass is 10.7. The number of aliphatic hydroxyl groups is 1. The van der Waals surface area contributed by atoms with Crippen molar-refractivity contribution in [2.75, 3.05) is 13.7 Å². The van der Waals surface area contributed by atoms with Crippen LogP contribution in [0.25, 0.3) is 0 Å². The maximum absolute atomic E-state index is 8.95. The van der Waals surface area contributed by atoms with Crippen LogP contribution >= 0.6 is 0 Å². The Morgan fingerprint density at radius 2 is 2.00 bits per heavy atom. The van der Waals surface area contributed by atoms with Crippen LogP contribution in [0.4, 0.5) is 0 Å². The normalized spacial score (nSPS) is 16.8. The molecule has 0 aliphatic heterocycles. The van der Waals surface area contributed by atoms with Crippen LogP contribution in [0.1, 0.15) is 13.8 Å². The van der Waals surface area contributed by atoms with Gasteiger partial charge in [-0.15, -0.1) is 0 Å². The molecule has 0 aliphatic rings. The molecule has 5 nitrogen and oxygen atoms in total. The number of hydrogen-bond donors (Lipinski definition) is 1. The van der Waals surface area contributed by atoms with Crippen molar-refractivity contribution in [2.45, 2.75) is 19.8 Å². The summed E-state index contributed by atoms with van der Waals surface area (Å²) in [6, 6.07) is 0. The van der Waals surface area contributed by atoms with Crippen LogP contribution in [0, 0.1) is 0 Å². The van der Waals surface area contributed by atoms with Crippen molar-refractivity contribution in [1.29, 1.82) is 0 Å². The zero-order chi connectivity index (χ0) is 8.04. The molecule has 62 valence electrons. The fourth-order valence-corrected chi connectivity index (χ4v) is 0.337. The van der Waals surface area contributed by atoms with Gasteiger partial charge in [0.1, 0.15) is 0 Å². The Morgan fingerprint density at radius 3 is 2.40 bits per heavy atom. The number of rotatable bonds is 5. The molecule has 0 saturated carbocycles. The predicted octanol–water partition coefficient (Wildman–Crippen LogP) is 0.198. The van der Waals surface area contributed by atoms with Gasteiger partial charge in [0.15, 0.2) is 0 Å². The number of hydrogen-bond acceptors (Lipinski definition) is 5. The minimum atomic E-state index is -1.84. The van der Waals surface area contributed by atoms with Gasteiger partial charge in [0.05, 0.1) is 13.7 Å². The summed E-state index contributed by atoms with van der Waals surface area (Å²) in [5.74, 6) is -1.84. The van der Waals surface area contributed by atoms with Crippen molar-refractivity contribution in [3.05, 3.63) is 0 Å². The molecule has 0 spiro atoms. The summed E-state index contributed by atoms with van der Waals surface area (Å²) in [4.78, 5) is 17.1. The highest BCUT2D eigenvalue weighted by Crippen LogP contribution is 2.07. The molecule has 0 heterocycles. The lowest BCUT2D eigenvalue weighted by Crippen LogP contribution is -2.31. The fraction of sp³-hybridized carbons (Fsp3) is 1.00. The molecule has 1 atom stereocenters. The minimum Gasteiger partial charge on any atom is -0.340 e. The standard InChI is InChI=1S/C5H12O5/c1-4-8-10-5(2,6)9-7-3/h6H,4H2,1-3H3. The Bertz CT molecular complexity index is 82.1. The minimum absolute atomic E-state index is 0.323. The van der Waals surface area contributed by atoms with Crippen molar-refractivity contribution in [3.63, 3.8) is 0 Å². The quantitative estimate of drug-likeness (QED) is 0.346. The van der Waals surface area contributed by atoms with E-state index in [1.54, 1.807) is 6.92 Å². The Morgan fingerprint density at radius 1 is 1.40 bits per heavy atom. The molecule has 10 heavy (non-hydrogen) atoms. The van der Waals surface area contributed by atoms with E-state index in [0.29, 0.717) is 6.61 Å². The van der Waals surface area contributed by atoms with E-state index in [1.165, 1.54) is 14.0 Å². The largest absolute Gasteiger partial charge is 0.340 e. The predicted molar refractivity (Wildman–Crippen MR) is 31.4 cm³/mol. The molecule has 0 aliphatic carbocycles. The Hall–Kier alpha value is -0.200. The second-order valence-corrected chi connectivity index (χ2v) is 1.64. The van der Waals surface area contributed by atoms with Crippen LogP contribution in [-0.4, -0.2) is 24.8 Å². The molecule has 0 saturated heterocycles. The van der Waals surface area contributed by atoms with E-state index in [9.17, 15) is 0 Å². The van der Waals surface area contributed by atoms with Gasteiger partial charge in [0.25, 0.3) is 0 Å². The van der Waals surface area contributed by atoms with Crippen molar-refractivity contribution < 1.29 is 24.7 Å². The van der Waals surface area contributed by atoms with E-state index in [1.807, 2.05) is 0 Å². The third kappa shape index (κ3) is 4.66. The molecule has 0 aromatic rings. The van der Waals surface area contributed by atoms with Crippen LogP contribution in [0.3, 0.4) is 0 Å². The average molecular weight is 152 g/mol. The monoisotopic (exact) mass is 152 g/mol. The average Bonchev–Trinajstić information content (AvgIpc) is 1.84.